The molecule has 34 heavy (non-hydrogen) atoms. The molecular weight excluding hydrogens is 420 g/mol. The van der Waals surface area contributed by atoms with Crippen LogP contribution in [0.4, 0.5) is 0 Å². The number of hydrogen-bond acceptors (Lipinski definition) is 3. The number of carbonyl (C=O) groups excluding carboxylic acids is 1. The highest BCUT2D eigenvalue weighted by molar-refractivity contribution is 5.96. The lowest BCUT2D eigenvalue weighted by Crippen LogP contribution is -2.48. The van der Waals surface area contributed by atoms with Crippen molar-refractivity contribution in [1.29, 1.82) is 0 Å². The Balaban J connectivity index is 1.92. The summed E-state index contributed by atoms with van der Waals surface area (Å²) in [5.74, 6) is 0.103. The van der Waals surface area contributed by atoms with E-state index in [9.17, 15) is 9.90 Å². The largest absolute Gasteiger partial charge is 0.393 e. The smallest absolute Gasteiger partial charge is 0.161 e. The molecule has 0 aromatic carbocycles. The van der Waals surface area contributed by atoms with Crippen LogP contribution >= 0.6 is 0 Å². The maximum Gasteiger partial charge on any atom is 0.161 e. The normalized spacial score (nSPS) is 30.3. The number of ketones is 1. The van der Waals surface area contributed by atoms with Crippen LogP contribution in [0.2, 0.25) is 0 Å². The monoisotopic (exact) mass is 462 g/mol. The Hall–Kier alpha value is -2.49. The fourth-order valence-electron chi connectivity index (χ4n) is 4.91. The van der Waals surface area contributed by atoms with Crippen LogP contribution < -0.4 is 0 Å². The summed E-state index contributed by atoms with van der Waals surface area (Å²) < 4.78 is 6.15. The third-order valence-corrected chi connectivity index (χ3v) is 7.10. The first kappa shape index (κ1) is 27.8. The number of epoxide rings is 1. The van der Waals surface area contributed by atoms with Crippen molar-refractivity contribution in [2.45, 2.75) is 85.0 Å². The van der Waals surface area contributed by atoms with Crippen LogP contribution in [0, 0.1) is 5.41 Å². The summed E-state index contributed by atoms with van der Waals surface area (Å²) in [5.41, 5.74) is 2.99. The van der Waals surface area contributed by atoms with Gasteiger partial charge in [0.1, 0.15) is 5.60 Å². The summed E-state index contributed by atoms with van der Waals surface area (Å²) in [6.45, 7) is 17.9. The van der Waals surface area contributed by atoms with E-state index in [1.54, 1.807) is 0 Å². The Morgan fingerprint density at radius 2 is 1.41 bits per heavy atom. The second-order valence-electron chi connectivity index (χ2n) is 10.6. The first-order chi connectivity index (χ1) is 15.9. The molecule has 3 atom stereocenters. The van der Waals surface area contributed by atoms with Crippen molar-refractivity contribution < 1.29 is 14.6 Å². The summed E-state index contributed by atoms with van der Waals surface area (Å²) in [6.07, 6.45) is 23.1. The third kappa shape index (κ3) is 6.77. The topological polar surface area (TPSA) is 49.8 Å². The molecule has 1 saturated carbocycles. The number of ether oxygens (including phenoxy) is 1. The van der Waals surface area contributed by atoms with Crippen molar-refractivity contribution in [1.82, 2.24) is 0 Å². The van der Waals surface area contributed by atoms with E-state index in [4.69, 9.17) is 4.74 Å². The summed E-state index contributed by atoms with van der Waals surface area (Å²) >= 11 is 0. The Bertz CT molecular complexity index is 996. The highest BCUT2D eigenvalue weighted by Crippen LogP contribution is 2.67. The summed E-state index contributed by atoms with van der Waals surface area (Å²) in [4.78, 5) is 12.9. The SMILES string of the molecule is C=C/C(C)=C/C=C/C(C)=C/C=C/C=C(C)/C=C/C=C(\C)C(=O)C[C@@]12O[C@]1(C)C[C@@H](O)CC2(C)C. The molecule has 184 valence electrons. The molecule has 0 aromatic heterocycles. The van der Waals surface area contributed by atoms with Gasteiger partial charge < -0.3 is 9.84 Å². The van der Waals surface area contributed by atoms with E-state index in [0.29, 0.717) is 19.3 Å². The number of fused-ring (bicyclic) bond motifs is 1. The second kappa shape index (κ2) is 11.3. The van der Waals surface area contributed by atoms with E-state index in [0.717, 1.165) is 22.3 Å². The number of Topliss-reactive ketones (excluding diaryl/α,β-unsaturated/α-hetero) is 1. The molecule has 0 amide bonds. The molecule has 2 aliphatic rings. The summed E-state index contributed by atoms with van der Waals surface area (Å²) in [7, 11) is 0. The number of aliphatic hydroxyl groups excluding tert-OH is 1. The van der Waals surface area contributed by atoms with E-state index in [-0.39, 0.29) is 17.3 Å². The zero-order valence-electron chi connectivity index (χ0n) is 22.0. The van der Waals surface area contributed by atoms with Gasteiger partial charge in [0.2, 0.25) is 0 Å². The van der Waals surface area contributed by atoms with E-state index in [2.05, 4.69) is 39.5 Å². The van der Waals surface area contributed by atoms with Crippen LogP contribution in [0.25, 0.3) is 0 Å². The lowest BCUT2D eigenvalue weighted by Gasteiger charge is -2.40. The van der Waals surface area contributed by atoms with Crippen LogP contribution in [0.1, 0.15) is 67.7 Å². The number of carbonyl (C=O) groups is 1. The van der Waals surface area contributed by atoms with E-state index >= 15 is 0 Å². The maximum atomic E-state index is 12.9. The third-order valence-electron chi connectivity index (χ3n) is 7.10. The molecule has 1 saturated heterocycles. The van der Waals surface area contributed by atoms with Gasteiger partial charge in [0.25, 0.3) is 0 Å². The molecular formula is C31H42O3. The van der Waals surface area contributed by atoms with Crippen molar-refractivity contribution in [2.24, 2.45) is 5.41 Å². The van der Waals surface area contributed by atoms with Crippen LogP contribution in [0.15, 0.2) is 95.7 Å². The van der Waals surface area contributed by atoms with E-state index < -0.39 is 11.2 Å². The molecule has 0 bridgehead atoms. The van der Waals surface area contributed by atoms with Gasteiger partial charge in [0.05, 0.1) is 11.7 Å². The number of hydrogen-bond donors (Lipinski definition) is 1. The predicted octanol–water partition coefficient (Wildman–Crippen LogP) is 7.29. The standard InChI is InChI=1S/C31H42O3/c1-9-23(2)16-12-17-24(3)14-10-11-15-25(4)18-13-19-26(5)28(33)22-31-29(6,7)20-27(32)21-30(31,8)34-31/h9-19,27,32H,1,20-22H2,2-8H3/b11-10+,17-12+,18-13+,23-16+,24-14+,25-15+,26-19+/t27-,30+,31-/m0/s1. The minimum absolute atomic E-state index is 0.103. The van der Waals surface area contributed by atoms with Gasteiger partial charge in [-0.05, 0) is 52.0 Å². The summed E-state index contributed by atoms with van der Waals surface area (Å²) in [5, 5.41) is 10.2. The molecule has 2 fully saturated rings. The highest BCUT2D eigenvalue weighted by atomic mass is 16.6. The molecule has 0 unspecified atom stereocenters. The van der Waals surface area contributed by atoms with Crippen molar-refractivity contribution in [3.63, 3.8) is 0 Å². The van der Waals surface area contributed by atoms with Crippen LogP contribution in [-0.4, -0.2) is 28.2 Å². The Morgan fingerprint density at radius 1 is 0.882 bits per heavy atom. The van der Waals surface area contributed by atoms with Gasteiger partial charge in [-0.15, -0.1) is 0 Å². The minimum atomic E-state index is -0.475. The van der Waals surface area contributed by atoms with E-state index in [1.165, 1.54) is 0 Å². The fraction of sp³-hybridized carbons (Fsp3) is 0.452. The Morgan fingerprint density at radius 3 is 1.94 bits per heavy atom. The van der Waals surface area contributed by atoms with E-state index in [1.807, 2.05) is 82.4 Å². The Labute approximate surface area is 206 Å². The van der Waals surface area contributed by atoms with Gasteiger partial charge in [0, 0.05) is 12.8 Å². The van der Waals surface area contributed by atoms with Gasteiger partial charge in [0.15, 0.2) is 5.78 Å². The number of rotatable bonds is 10. The zero-order chi connectivity index (χ0) is 25.6. The van der Waals surface area contributed by atoms with Crippen molar-refractivity contribution in [3.8, 4) is 0 Å². The quantitative estimate of drug-likeness (QED) is 0.211. The molecule has 1 heterocycles. The number of allylic oxidation sites excluding steroid dienone is 15. The van der Waals surface area contributed by atoms with Gasteiger partial charge >= 0.3 is 0 Å². The molecule has 2 rings (SSSR count). The lowest BCUT2D eigenvalue weighted by atomic mass is 9.61. The molecule has 1 aliphatic carbocycles. The molecule has 3 nitrogen and oxygen atoms in total. The van der Waals surface area contributed by atoms with Gasteiger partial charge in [-0.3, -0.25) is 4.79 Å². The lowest BCUT2D eigenvalue weighted by molar-refractivity contribution is -0.118. The first-order valence-corrected chi connectivity index (χ1v) is 12.1. The van der Waals surface area contributed by atoms with Gasteiger partial charge in [-0.2, -0.15) is 0 Å². The minimum Gasteiger partial charge on any atom is -0.393 e. The number of aliphatic hydroxyl groups is 1. The highest BCUT2D eigenvalue weighted by Gasteiger charge is 2.76. The van der Waals surface area contributed by atoms with Crippen LogP contribution in [0.3, 0.4) is 0 Å². The molecule has 0 spiro atoms. The molecule has 1 aliphatic heterocycles. The fourth-order valence-corrected chi connectivity index (χ4v) is 4.91. The second-order valence-corrected chi connectivity index (χ2v) is 10.6. The maximum absolute atomic E-state index is 12.9. The van der Waals surface area contributed by atoms with Crippen LogP contribution in [-0.2, 0) is 9.53 Å². The van der Waals surface area contributed by atoms with Gasteiger partial charge in [-0.25, -0.2) is 0 Å². The van der Waals surface area contributed by atoms with Crippen molar-refractivity contribution in [2.75, 3.05) is 0 Å². The van der Waals surface area contributed by atoms with Crippen molar-refractivity contribution >= 4 is 5.78 Å². The average Bonchev–Trinajstić information content (AvgIpc) is 3.35. The summed E-state index contributed by atoms with van der Waals surface area (Å²) in [6, 6.07) is 0. The predicted molar refractivity (Wildman–Crippen MR) is 144 cm³/mol. The molecule has 1 N–H and O–H groups in total. The molecule has 0 aromatic rings. The zero-order valence-corrected chi connectivity index (χ0v) is 22.0. The molecule has 0 radical (unpaired) electrons. The average molecular weight is 463 g/mol. The first-order valence-electron chi connectivity index (χ1n) is 12.1. The van der Waals surface area contributed by atoms with Crippen molar-refractivity contribution in [3.05, 3.63) is 95.7 Å². The Kier molecular flexibility index (Phi) is 9.22. The molecule has 3 heteroatoms. The van der Waals surface area contributed by atoms with Gasteiger partial charge in [-0.1, -0.05) is 104 Å². The van der Waals surface area contributed by atoms with Crippen LogP contribution in [0.5, 0.6) is 0 Å².